The first-order valence-electron chi connectivity index (χ1n) is 6.29. The minimum absolute atomic E-state index is 0.00194. The molecule has 0 spiro atoms. The van der Waals surface area contributed by atoms with E-state index in [0.717, 1.165) is 12.1 Å². The standard InChI is InChI=1S/C15H17N3O/c19-15(12-18-14-4-2-1-3-5-14)17-11-8-13-6-9-16-10-7-13/h1-7,9-10,18H,8,11-12H2,(H,17,19). The number of rotatable bonds is 6. The Balaban J connectivity index is 1.65. The van der Waals surface area contributed by atoms with Gasteiger partial charge in [-0.1, -0.05) is 18.2 Å². The number of aromatic nitrogens is 1. The van der Waals surface area contributed by atoms with Crippen LogP contribution in [0, 0.1) is 0 Å². The molecule has 4 heteroatoms. The Labute approximate surface area is 112 Å². The van der Waals surface area contributed by atoms with Crippen molar-refractivity contribution in [3.8, 4) is 0 Å². The van der Waals surface area contributed by atoms with Gasteiger partial charge in [0.05, 0.1) is 6.54 Å². The average molecular weight is 255 g/mol. The Morgan fingerprint density at radius 2 is 1.79 bits per heavy atom. The van der Waals surface area contributed by atoms with E-state index >= 15 is 0 Å². The van der Waals surface area contributed by atoms with Crippen LogP contribution in [0.1, 0.15) is 5.56 Å². The van der Waals surface area contributed by atoms with Crippen molar-refractivity contribution in [1.29, 1.82) is 0 Å². The molecular weight excluding hydrogens is 238 g/mol. The van der Waals surface area contributed by atoms with Gasteiger partial charge in [0.2, 0.25) is 5.91 Å². The number of para-hydroxylation sites is 1. The summed E-state index contributed by atoms with van der Waals surface area (Å²) in [5, 5.41) is 5.95. The monoisotopic (exact) mass is 255 g/mol. The Morgan fingerprint density at radius 3 is 2.53 bits per heavy atom. The summed E-state index contributed by atoms with van der Waals surface area (Å²) in [5.74, 6) is -0.00194. The van der Waals surface area contributed by atoms with Crippen molar-refractivity contribution in [1.82, 2.24) is 10.3 Å². The molecule has 1 amide bonds. The first kappa shape index (κ1) is 13.1. The maximum Gasteiger partial charge on any atom is 0.239 e. The Hall–Kier alpha value is -2.36. The normalized spacial score (nSPS) is 9.89. The highest BCUT2D eigenvalue weighted by Gasteiger charge is 2.00. The molecule has 0 bridgehead atoms. The highest BCUT2D eigenvalue weighted by Crippen LogP contribution is 2.03. The molecule has 0 fully saturated rings. The summed E-state index contributed by atoms with van der Waals surface area (Å²) in [5.41, 5.74) is 2.12. The van der Waals surface area contributed by atoms with E-state index < -0.39 is 0 Å². The third-order valence-corrected chi connectivity index (χ3v) is 2.71. The van der Waals surface area contributed by atoms with Crippen LogP contribution in [-0.4, -0.2) is 24.0 Å². The number of carbonyl (C=O) groups excluding carboxylic acids is 1. The number of nitrogens with one attached hydrogen (secondary N) is 2. The van der Waals surface area contributed by atoms with Crippen LogP contribution in [0.4, 0.5) is 5.69 Å². The third-order valence-electron chi connectivity index (χ3n) is 2.71. The molecule has 0 aliphatic heterocycles. The van der Waals surface area contributed by atoms with Crippen molar-refractivity contribution < 1.29 is 4.79 Å². The maximum atomic E-state index is 11.6. The summed E-state index contributed by atoms with van der Waals surface area (Å²) in [6.45, 7) is 0.930. The van der Waals surface area contributed by atoms with Crippen LogP contribution >= 0.6 is 0 Å². The fourth-order valence-corrected chi connectivity index (χ4v) is 1.70. The van der Waals surface area contributed by atoms with E-state index in [0.29, 0.717) is 13.1 Å². The Morgan fingerprint density at radius 1 is 1.05 bits per heavy atom. The van der Waals surface area contributed by atoms with Crippen molar-refractivity contribution >= 4 is 11.6 Å². The second-order valence-corrected chi connectivity index (χ2v) is 4.17. The quantitative estimate of drug-likeness (QED) is 0.828. The number of hydrogen-bond donors (Lipinski definition) is 2. The Bertz CT molecular complexity index is 499. The number of carbonyl (C=O) groups is 1. The fourth-order valence-electron chi connectivity index (χ4n) is 1.70. The van der Waals surface area contributed by atoms with Crippen LogP contribution < -0.4 is 10.6 Å². The van der Waals surface area contributed by atoms with E-state index in [1.54, 1.807) is 12.4 Å². The summed E-state index contributed by atoms with van der Waals surface area (Å²) in [4.78, 5) is 15.6. The van der Waals surface area contributed by atoms with Gasteiger partial charge in [-0.2, -0.15) is 0 Å². The summed E-state index contributed by atoms with van der Waals surface area (Å²) >= 11 is 0. The van der Waals surface area contributed by atoms with Crippen LogP contribution in [0.5, 0.6) is 0 Å². The van der Waals surface area contributed by atoms with Crippen molar-refractivity contribution in [3.05, 3.63) is 60.4 Å². The molecule has 1 aromatic heterocycles. The second-order valence-electron chi connectivity index (χ2n) is 4.17. The van der Waals surface area contributed by atoms with E-state index in [2.05, 4.69) is 15.6 Å². The van der Waals surface area contributed by atoms with E-state index in [1.807, 2.05) is 42.5 Å². The van der Waals surface area contributed by atoms with Crippen LogP contribution in [0.3, 0.4) is 0 Å². The summed E-state index contributed by atoms with van der Waals surface area (Å²) in [6.07, 6.45) is 4.34. The molecule has 19 heavy (non-hydrogen) atoms. The second kappa shape index (κ2) is 7.16. The van der Waals surface area contributed by atoms with Crippen LogP contribution in [0.25, 0.3) is 0 Å². The predicted octanol–water partition coefficient (Wildman–Crippen LogP) is 1.85. The molecule has 0 saturated carbocycles. The van der Waals surface area contributed by atoms with Crippen LogP contribution in [0.2, 0.25) is 0 Å². The van der Waals surface area contributed by atoms with E-state index in [4.69, 9.17) is 0 Å². The van der Waals surface area contributed by atoms with Gasteiger partial charge in [0.15, 0.2) is 0 Å². The SMILES string of the molecule is O=C(CNc1ccccc1)NCCc1ccncc1. The lowest BCUT2D eigenvalue weighted by atomic mass is 10.2. The number of benzene rings is 1. The number of hydrogen-bond acceptors (Lipinski definition) is 3. The molecule has 2 aromatic rings. The van der Waals surface area contributed by atoms with Gasteiger partial charge in [-0.25, -0.2) is 0 Å². The van der Waals surface area contributed by atoms with Crippen LogP contribution in [0.15, 0.2) is 54.9 Å². The van der Waals surface area contributed by atoms with Crippen molar-refractivity contribution in [2.75, 3.05) is 18.4 Å². The molecule has 2 N–H and O–H groups in total. The molecule has 0 aliphatic rings. The summed E-state index contributed by atoms with van der Waals surface area (Å²) < 4.78 is 0. The zero-order chi connectivity index (χ0) is 13.3. The number of nitrogens with zero attached hydrogens (tertiary/aromatic N) is 1. The van der Waals surface area contributed by atoms with Crippen LogP contribution in [-0.2, 0) is 11.2 Å². The summed E-state index contributed by atoms with van der Waals surface area (Å²) in [7, 11) is 0. The predicted molar refractivity (Wildman–Crippen MR) is 75.9 cm³/mol. The van der Waals surface area contributed by atoms with Gasteiger partial charge in [0.1, 0.15) is 0 Å². The molecule has 4 nitrogen and oxygen atoms in total. The van der Waals surface area contributed by atoms with Crippen molar-refractivity contribution in [2.45, 2.75) is 6.42 Å². The van der Waals surface area contributed by atoms with Gasteiger partial charge in [0.25, 0.3) is 0 Å². The highest BCUT2D eigenvalue weighted by atomic mass is 16.1. The van der Waals surface area contributed by atoms with Crippen molar-refractivity contribution in [3.63, 3.8) is 0 Å². The van der Waals surface area contributed by atoms with E-state index in [9.17, 15) is 4.79 Å². The lowest BCUT2D eigenvalue weighted by Gasteiger charge is -2.07. The van der Waals surface area contributed by atoms with Gasteiger partial charge in [-0.15, -0.1) is 0 Å². The minimum Gasteiger partial charge on any atom is -0.376 e. The van der Waals surface area contributed by atoms with Gasteiger partial charge in [0, 0.05) is 24.6 Å². The number of amides is 1. The van der Waals surface area contributed by atoms with E-state index in [-0.39, 0.29) is 5.91 Å². The first-order valence-corrected chi connectivity index (χ1v) is 6.29. The molecule has 2 rings (SSSR count). The summed E-state index contributed by atoms with van der Waals surface area (Å²) in [6, 6.07) is 13.6. The minimum atomic E-state index is -0.00194. The topological polar surface area (TPSA) is 54.0 Å². The van der Waals surface area contributed by atoms with Crippen molar-refractivity contribution in [2.24, 2.45) is 0 Å². The van der Waals surface area contributed by atoms with Gasteiger partial charge in [-0.3, -0.25) is 9.78 Å². The Kier molecular flexibility index (Phi) is 4.93. The fraction of sp³-hybridized carbons (Fsp3) is 0.200. The molecular formula is C15H17N3O. The number of anilines is 1. The van der Waals surface area contributed by atoms with E-state index in [1.165, 1.54) is 5.56 Å². The molecule has 0 unspecified atom stereocenters. The highest BCUT2D eigenvalue weighted by molar-refractivity contribution is 5.80. The molecule has 1 heterocycles. The first-order chi connectivity index (χ1) is 9.34. The molecule has 0 atom stereocenters. The smallest absolute Gasteiger partial charge is 0.239 e. The molecule has 0 saturated heterocycles. The zero-order valence-corrected chi connectivity index (χ0v) is 10.7. The molecule has 0 radical (unpaired) electrons. The lowest BCUT2D eigenvalue weighted by Crippen LogP contribution is -2.31. The molecule has 1 aromatic carbocycles. The average Bonchev–Trinajstić information content (AvgIpc) is 2.47. The van der Waals surface area contributed by atoms with Gasteiger partial charge in [-0.05, 0) is 36.2 Å². The largest absolute Gasteiger partial charge is 0.376 e. The molecule has 0 aliphatic carbocycles. The third kappa shape index (κ3) is 4.79. The van der Waals surface area contributed by atoms with Gasteiger partial charge < -0.3 is 10.6 Å². The molecule has 98 valence electrons. The maximum absolute atomic E-state index is 11.6. The number of pyridine rings is 1. The van der Waals surface area contributed by atoms with Gasteiger partial charge >= 0.3 is 0 Å². The lowest BCUT2D eigenvalue weighted by molar-refractivity contribution is -0.119. The zero-order valence-electron chi connectivity index (χ0n) is 10.7.